The van der Waals surface area contributed by atoms with Gasteiger partial charge in [0.2, 0.25) is 0 Å². The van der Waals surface area contributed by atoms with Gasteiger partial charge in [-0.05, 0) is 46.8 Å². The quantitative estimate of drug-likeness (QED) is 0.428. The Hall–Kier alpha value is -3.36. The average Bonchev–Trinajstić information content (AvgIpc) is 2.95. The Morgan fingerprint density at radius 2 is 1.83 bits per heavy atom. The topological polar surface area (TPSA) is 113 Å². The number of carbonyl (C=O) groups is 2. The summed E-state index contributed by atoms with van der Waals surface area (Å²) in [6, 6.07) is 5.74. The Bertz CT molecular complexity index is 948. The summed E-state index contributed by atoms with van der Waals surface area (Å²) in [4.78, 5) is 35.4. The van der Waals surface area contributed by atoms with E-state index in [1.807, 2.05) is 32.3 Å². The third kappa shape index (κ3) is 4.74. The highest BCUT2D eigenvalue weighted by molar-refractivity contribution is 5.98. The molecule has 0 saturated heterocycles. The number of amides is 1. The van der Waals surface area contributed by atoms with Crippen LogP contribution in [-0.4, -0.2) is 34.6 Å². The van der Waals surface area contributed by atoms with Crippen LogP contribution in [0.15, 0.2) is 24.3 Å². The van der Waals surface area contributed by atoms with Crippen molar-refractivity contribution in [3.63, 3.8) is 0 Å². The van der Waals surface area contributed by atoms with E-state index in [1.165, 1.54) is 32.2 Å². The molecule has 0 spiro atoms. The van der Waals surface area contributed by atoms with Gasteiger partial charge in [0.15, 0.2) is 6.10 Å². The van der Waals surface area contributed by atoms with Gasteiger partial charge < -0.3 is 19.4 Å². The maximum absolute atomic E-state index is 12.6. The summed E-state index contributed by atoms with van der Waals surface area (Å²) in [7, 11) is 1.38. The number of nitro groups is 1. The van der Waals surface area contributed by atoms with Crippen molar-refractivity contribution in [3.05, 3.63) is 51.3 Å². The van der Waals surface area contributed by atoms with Gasteiger partial charge in [-0.3, -0.25) is 14.9 Å². The first kappa shape index (κ1) is 21.9. The Kier molecular flexibility index (Phi) is 6.63. The summed E-state index contributed by atoms with van der Waals surface area (Å²) in [5.74, 6) is -0.989. The Balaban J connectivity index is 2.16. The predicted octanol–water partition coefficient (Wildman–Crippen LogP) is 3.79. The minimum atomic E-state index is -1.12. The zero-order valence-electron chi connectivity index (χ0n) is 17.3. The molecule has 0 radical (unpaired) electrons. The van der Waals surface area contributed by atoms with E-state index in [0.717, 1.165) is 11.4 Å². The highest BCUT2D eigenvalue weighted by Gasteiger charge is 2.24. The second-order valence-electron chi connectivity index (χ2n) is 6.93. The monoisotopic (exact) mass is 403 g/mol. The second-order valence-corrected chi connectivity index (χ2v) is 6.93. The van der Waals surface area contributed by atoms with Gasteiger partial charge in [-0.15, -0.1) is 0 Å². The number of hydrogen-bond donors (Lipinski definition) is 1. The Morgan fingerprint density at radius 1 is 1.17 bits per heavy atom. The number of aromatic nitrogens is 1. The summed E-state index contributed by atoms with van der Waals surface area (Å²) < 4.78 is 12.4. The lowest BCUT2D eigenvalue weighted by molar-refractivity contribution is -0.384. The molecule has 156 valence electrons. The van der Waals surface area contributed by atoms with Crippen LogP contribution in [0, 0.1) is 24.0 Å². The van der Waals surface area contributed by atoms with E-state index in [0.29, 0.717) is 5.56 Å². The molecule has 2 rings (SSSR count). The summed E-state index contributed by atoms with van der Waals surface area (Å²) in [6.07, 6.45) is -1.12. The van der Waals surface area contributed by atoms with E-state index in [4.69, 9.17) is 9.47 Å². The summed E-state index contributed by atoms with van der Waals surface area (Å²) in [5.41, 5.74) is 1.99. The highest BCUT2D eigenvalue weighted by Crippen LogP contribution is 2.29. The second kappa shape index (κ2) is 8.76. The molecule has 0 saturated carbocycles. The number of benzene rings is 1. The third-order valence-electron chi connectivity index (χ3n) is 4.53. The number of carbonyl (C=O) groups excluding carboxylic acids is 2. The fourth-order valence-electron chi connectivity index (χ4n) is 3.20. The minimum absolute atomic E-state index is 0.118. The van der Waals surface area contributed by atoms with Crippen LogP contribution < -0.4 is 10.1 Å². The smallest absolute Gasteiger partial charge is 0.340 e. The van der Waals surface area contributed by atoms with Gasteiger partial charge in [0.25, 0.3) is 11.6 Å². The summed E-state index contributed by atoms with van der Waals surface area (Å²) in [6.45, 7) is 9.17. The standard InChI is InChI=1S/C20H25N3O6/c1-11(2)22-12(3)9-16(13(22)4)20(25)29-14(5)19(24)21-17-10-15(23(26)27)7-8-18(17)28-6/h7-11,14H,1-6H3,(H,21,24)/t14-/m1/s1. The molecule has 1 heterocycles. The number of rotatable bonds is 7. The fourth-order valence-corrected chi connectivity index (χ4v) is 3.20. The summed E-state index contributed by atoms with van der Waals surface area (Å²) >= 11 is 0. The molecule has 2 aromatic rings. The molecule has 1 amide bonds. The molecule has 1 atom stereocenters. The first-order chi connectivity index (χ1) is 13.6. The molecule has 9 heteroatoms. The maximum Gasteiger partial charge on any atom is 0.340 e. The van der Waals surface area contributed by atoms with Crippen LogP contribution in [0.5, 0.6) is 5.75 Å². The van der Waals surface area contributed by atoms with Gasteiger partial charge in [-0.25, -0.2) is 4.79 Å². The van der Waals surface area contributed by atoms with E-state index in [2.05, 4.69) is 5.32 Å². The molecule has 0 bridgehead atoms. The molecule has 0 aliphatic rings. The van der Waals surface area contributed by atoms with Crippen LogP contribution in [0.4, 0.5) is 11.4 Å². The predicted molar refractivity (Wildman–Crippen MR) is 107 cm³/mol. The van der Waals surface area contributed by atoms with Crippen LogP contribution in [-0.2, 0) is 9.53 Å². The molecular weight excluding hydrogens is 378 g/mol. The summed E-state index contributed by atoms with van der Waals surface area (Å²) in [5, 5.41) is 13.5. The number of esters is 1. The first-order valence-corrected chi connectivity index (χ1v) is 9.09. The van der Waals surface area contributed by atoms with Crippen molar-refractivity contribution in [3.8, 4) is 5.75 Å². The van der Waals surface area contributed by atoms with Crippen molar-refractivity contribution < 1.29 is 24.0 Å². The van der Waals surface area contributed by atoms with Crippen LogP contribution >= 0.6 is 0 Å². The first-order valence-electron chi connectivity index (χ1n) is 9.09. The Labute approximate surface area is 168 Å². The van der Waals surface area contributed by atoms with Gasteiger partial charge in [0.05, 0.1) is 23.3 Å². The molecule has 1 aromatic heterocycles. The van der Waals surface area contributed by atoms with E-state index >= 15 is 0 Å². The van der Waals surface area contributed by atoms with E-state index in [9.17, 15) is 19.7 Å². The number of nitro benzene ring substituents is 1. The number of hydrogen-bond acceptors (Lipinski definition) is 6. The Morgan fingerprint density at radius 3 is 2.34 bits per heavy atom. The number of aryl methyl sites for hydroxylation is 1. The van der Waals surface area contributed by atoms with Crippen molar-refractivity contribution in [1.82, 2.24) is 4.57 Å². The number of nitrogens with one attached hydrogen (secondary N) is 1. The number of methoxy groups -OCH3 is 1. The minimum Gasteiger partial charge on any atom is -0.495 e. The molecule has 1 aromatic carbocycles. The lowest BCUT2D eigenvalue weighted by atomic mass is 10.2. The maximum atomic E-state index is 12.6. The lowest BCUT2D eigenvalue weighted by Gasteiger charge is -2.16. The molecule has 1 N–H and O–H groups in total. The third-order valence-corrected chi connectivity index (χ3v) is 4.53. The zero-order valence-corrected chi connectivity index (χ0v) is 17.3. The van der Waals surface area contributed by atoms with Crippen molar-refractivity contribution in [2.45, 2.75) is 46.8 Å². The van der Waals surface area contributed by atoms with Gasteiger partial charge in [0, 0.05) is 29.6 Å². The van der Waals surface area contributed by atoms with E-state index < -0.39 is 22.9 Å². The molecule has 0 unspecified atom stereocenters. The number of non-ortho nitro benzene ring substituents is 1. The largest absolute Gasteiger partial charge is 0.495 e. The van der Waals surface area contributed by atoms with Crippen molar-refractivity contribution in [2.75, 3.05) is 12.4 Å². The molecule has 9 nitrogen and oxygen atoms in total. The SMILES string of the molecule is COc1ccc([N+](=O)[O-])cc1NC(=O)[C@@H](C)OC(=O)c1cc(C)n(C(C)C)c1C. The van der Waals surface area contributed by atoms with Gasteiger partial charge >= 0.3 is 5.97 Å². The normalized spacial score (nSPS) is 11.8. The number of ether oxygens (including phenoxy) is 2. The van der Waals surface area contributed by atoms with Gasteiger partial charge in [0.1, 0.15) is 5.75 Å². The van der Waals surface area contributed by atoms with Crippen LogP contribution in [0.1, 0.15) is 48.6 Å². The zero-order chi connectivity index (χ0) is 21.9. The van der Waals surface area contributed by atoms with Crippen molar-refractivity contribution in [1.29, 1.82) is 0 Å². The van der Waals surface area contributed by atoms with Crippen molar-refractivity contribution in [2.24, 2.45) is 0 Å². The molecule has 0 fully saturated rings. The number of nitrogens with zero attached hydrogens (tertiary/aromatic N) is 2. The molecule has 0 aliphatic carbocycles. The molecule has 0 aliphatic heterocycles. The van der Waals surface area contributed by atoms with Gasteiger partial charge in [-0.2, -0.15) is 0 Å². The van der Waals surface area contributed by atoms with E-state index in [1.54, 1.807) is 6.07 Å². The van der Waals surface area contributed by atoms with Gasteiger partial charge in [-0.1, -0.05) is 0 Å². The van der Waals surface area contributed by atoms with Crippen LogP contribution in [0.2, 0.25) is 0 Å². The fraction of sp³-hybridized carbons (Fsp3) is 0.400. The van der Waals surface area contributed by atoms with E-state index in [-0.39, 0.29) is 23.2 Å². The van der Waals surface area contributed by atoms with Crippen molar-refractivity contribution >= 4 is 23.3 Å². The average molecular weight is 403 g/mol. The van der Waals surface area contributed by atoms with Crippen LogP contribution in [0.25, 0.3) is 0 Å². The molecular formula is C20H25N3O6. The lowest BCUT2D eigenvalue weighted by Crippen LogP contribution is -2.30. The highest BCUT2D eigenvalue weighted by atomic mass is 16.6. The van der Waals surface area contributed by atoms with Crippen LogP contribution in [0.3, 0.4) is 0 Å². The number of anilines is 1. The molecule has 29 heavy (non-hydrogen) atoms.